The number of nitrogen functional groups attached to an aromatic ring is 1. The standard InChI is InChI=1S/C11H15FN2O3S/c1-8-10(12)6-9(13)7-11(8)18(15,16)14-4-2-3-5-17-14/h6-7H,2-5,13H2,1H3. The molecule has 1 aromatic carbocycles. The Labute approximate surface area is 105 Å². The lowest BCUT2D eigenvalue weighted by Crippen LogP contribution is -2.36. The van der Waals surface area contributed by atoms with Crippen molar-refractivity contribution in [3.63, 3.8) is 0 Å². The number of sulfonamides is 1. The van der Waals surface area contributed by atoms with E-state index in [2.05, 4.69) is 0 Å². The predicted molar refractivity (Wildman–Crippen MR) is 64.6 cm³/mol. The number of halogens is 1. The van der Waals surface area contributed by atoms with Crippen LogP contribution in [0.2, 0.25) is 0 Å². The van der Waals surface area contributed by atoms with Gasteiger partial charge in [0.25, 0.3) is 10.0 Å². The van der Waals surface area contributed by atoms with Gasteiger partial charge in [-0.3, -0.25) is 4.84 Å². The molecule has 18 heavy (non-hydrogen) atoms. The highest BCUT2D eigenvalue weighted by molar-refractivity contribution is 7.89. The Hall–Kier alpha value is -1.18. The Morgan fingerprint density at radius 2 is 2.11 bits per heavy atom. The summed E-state index contributed by atoms with van der Waals surface area (Å²) >= 11 is 0. The van der Waals surface area contributed by atoms with Crippen LogP contribution in [0.3, 0.4) is 0 Å². The molecular formula is C11H15FN2O3S. The third-order valence-electron chi connectivity index (χ3n) is 2.84. The summed E-state index contributed by atoms with van der Waals surface area (Å²) in [5.41, 5.74) is 5.62. The van der Waals surface area contributed by atoms with Crippen LogP contribution >= 0.6 is 0 Å². The molecule has 1 fully saturated rings. The van der Waals surface area contributed by atoms with Crippen molar-refractivity contribution in [2.75, 3.05) is 18.9 Å². The van der Waals surface area contributed by atoms with E-state index in [1.165, 1.54) is 13.0 Å². The molecule has 0 bridgehead atoms. The number of hydroxylamine groups is 1. The second-order valence-corrected chi connectivity index (χ2v) is 5.99. The Bertz CT molecular complexity index is 554. The van der Waals surface area contributed by atoms with Gasteiger partial charge < -0.3 is 5.73 Å². The summed E-state index contributed by atoms with van der Waals surface area (Å²) in [7, 11) is -3.85. The smallest absolute Gasteiger partial charge is 0.265 e. The molecule has 1 aliphatic heterocycles. The van der Waals surface area contributed by atoms with Gasteiger partial charge >= 0.3 is 0 Å². The maximum atomic E-state index is 13.5. The highest BCUT2D eigenvalue weighted by atomic mass is 32.2. The lowest BCUT2D eigenvalue weighted by atomic mass is 10.2. The molecule has 0 aliphatic carbocycles. The molecule has 0 unspecified atom stereocenters. The van der Waals surface area contributed by atoms with Gasteiger partial charge in [-0.25, -0.2) is 12.8 Å². The minimum atomic E-state index is -3.85. The van der Waals surface area contributed by atoms with Crippen molar-refractivity contribution >= 4 is 15.7 Å². The quantitative estimate of drug-likeness (QED) is 0.828. The fraction of sp³-hybridized carbons (Fsp3) is 0.455. The van der Waals surface area contributed by atoms with E-state index in [9.17, 15) is 12.8 Å². The minimum absolute atomic E-state index is 0.0540. The van der Waals surface area contributed by atoms with Crippen molar-refractivity contribution < 1.29 is 17.6 Å². The largest absolute Gasteiger partial charge is 0.399 e. The first-order valence-corrected chi connectivity index (χ1v) is 7.08. The summed E-state index contributed by atoms with van der Waals surface area (Å²) in [4.78, 5) is 4.98. The minimum Gasteiger partial charge on any atom is -0.399 e. The SMILES string of the molecule is Cc1c(F)cc(N)cc1S(=O)(=O)N1CCCCO1. The Balaban J connectivity index is 2.46. The van der Waals surface area contributed by atoms with Crippen molar-refractivity contribution in [1.82, 2.24) is 4.47 Å². The highest BCUT2D eigenvalue weighted by Gasteiger charge is 2.30. The predicted octanol–water partition coefficient (Wildman–Crippen LogP) is 1.43. The first-order valence-electron chi connectivity index (χ1n) is 5.64. The zero-order valence-electron chi connectivity index (χ0n) is 10.0. The van der Waals surface area contributed by atoms with Gasteiger partial charge in [0.1, 0.15) is 5.82 Å². The lowest BCUT2D eigenvalue weighted by molar-refractivity contribution is -0.108. The maximum absolute atomic E-state index is 13.5. The summed E-state index contributed by atoms with van der Waals surface area (Å²) in [6.07, 6.45) is 1.54. The molecule has 1 saturated heterocycles. The van der Waals surface area contributed by atoms with E-state index in [1.54, 1.807) is 0 Å². The molecule has 100 valence electrons. The van der Waals surface area contributed by atoms with Gasteiger partial charge in [0, 0.05) is 17.8 Å². The van der Waals surface area contributed by atoms with E-state index in [-0.39, 0.29) is 22.7 Å². The molecule has 2 N–H and O–H groups in total. The first-order chi connectivity index (χ1) is 8.43. The van der Waals surface area contributed by atoms with Crippen LogP contribution in [0.15, 0.2) is 17.0 Å². The maximum Gasteiger partial charge on any atom is 0.265 e. The molecule has 1 aliphatic rings. The van der Waals surface area contributed by atoms with Crippen molar-refractivity contribution in [1.29, 1.82) is 0 Å². The fourth-order valence-corrected chi connectivity index (χ4v) is 3.39. The van der Waals surface area contributed by atoms with Crippen molar-refractivity contribution in [3.05, 3.63) is 23.5 Å². The van der Waals surface area contributed by atoms with Crippen molar-refractivity contribution in [3.8, 4) is 0 Å². The third kappa shape index (κ3) is 2.33. The number of hydrogen-bond donors (Lipinski definition) is 1. The number of hydrogen-bond acceptors (Lipinski definition) is 4. The molecule has 2 rings (SSSR count). The normalized spacial score (nSPS) is 17.9. The third-order valence-corrected chi connectivity index (χ3v) is 4.64. The molecule has 0 radical (unpaired) electrons. The number of nitrogens with zero attached hydrogens (tertiary/aromatic N) is 1. The molecule has 0 aromatic heterocycles. The van der Waals surface area contributed by atoms with Crippen LogP contribution < -0.4 is 5.73 Å². The number of benzene rings is 1. The molecule has 1 aromatic rings. The van der Waals surface area contributed by atoms with Crippen molar-refractivity contribution in [2.45, 2.75) is 24.7 Å². The van der Waals surface area contributed by atoms with E-state index in [1.807, 2.05) is 0 Å². The Morgan fingerprint density at radius 1 is 1.39 bits per heavy atom. The first kappa shape index (κ1) is 13.3. The van der Waals surface area contributed by atoms with Gasteiger partial charge in [0.05, 0.1) is 11.5 Å². The van der Waals surface area contributed by atoms with Gasteiger partial charge in [-0.2, -0.15) is 0 Å². The van der Waals surface area contributed by atoms with Crippen LogP contribution in [0.1, 0.15) is 18.4 Å². The van der Waals surface area contributed by atoms with E-state index >= 15 is 0 Å². The van der Waals surface area contributed by atoms with Crippen LogP contribution in [0.4, 0.5) is 10.1 Å². The number of rotatable bonds is 2. The Morgan fingerprint density at radius 3 is 2.72 bits per heavy atom. The van der Waals surface area contributed by atoms with Crippen LogP contribution in [0, 0.1) is 12.7 Å². The number of anilines is 1. The van der Waals surface area contributed by atoms with Crippen LogP contribution in [0.25, 0.3) is 0 Å². The van der Waals surface area contributed by atoms with E-state index < -0.39 is 15.8 Å². The zero-order valence-corrected chi connectivity index (χ0v) is 10.8. The average Bonchev–Trinajstić information content (AvgIpc) is 2.34. The van der Waals surface area contributed by atoms with Gasteiger partial charge in [-0.15, -0.1) is 0 Å². The molecule has 0 amide bonds. The molecule has 0 spiro atoms. The van der Waals surface area contributed by atoms with Gasteiger partial charge in [-0.05, 0) is 31.9 Å². The van der Waals surface area contributed by atoms with E-state index in [0.717, 1.165) is 23.4 Å². The molecule has 7 heteroatoms. The molecular weight excluding hydrogens is 259 g/mol. The zero-order chi connectivity index (χ0) is 13.3. The summed E-state index contributed by atoms with van der Waals surface area (Å²) < 4.78 is 39.0. The van der Waals surface area contributed by atoms with E-state index in [0.29, 0.717) is 6.61 Å². The summed E-state index contributed by atoms with van der Waals surface area (Å²) in [6, 6.07) is 2.36. The van der Waals surface area contributed by atoms with Crippen LogP contribution in [0.5, 0.6) is 0 Å². The summed E-state index contributed by atoms with van der Waals surface area (Å²) in [5, 5.41) is 0. The highest BCUT2D eigenvalue weighted by Crippen LogP contribution is 2.26. The second-order valence-electron chi connectivity index (χ2n) is 4.20. The van der Waals surface area contributed by atoms with Crippen molar-refractivity contribution in [2.24, 2.45) is 0 Å². The summed E-state index contributed by atoms with van der Waals surface area (Å²) in [5.74, 6) is -0.634. The second kappa shape index (κ2) is 4.83. The molecule has 0 atom stereocenters. The lowest BCUT2D eigenvalue weighted by Gasteiger charge is -2.26. The molecule has 1 heterocycles. The van der Waals surface area contributed by atoms with Crippen LogP contribution in [-0.4, -0.2) is 26.0 Å². The van der Waals surface area contributed by atoms with Gasteiger partial charge in [0.2, 0.25) is 0 Å². The molecule has 0 saturated carbocycles. The number of nitrogens with two attached hydrogens (primary N) is 1. The van der Waals surface area contributed by atoms with Crippen LogP contribution in [-0.2, 0) is 14.9 Å². The Kier molecular flexibility index (Phi) is 3.56. The fourth-order valence-electron chi connectivity index (χ4n) is 1.81. The van der Waals surface area contributed by atoms with Gasteiger partial charge in [-0.1, -0.05) is 4.47 Å². The monoisotopic (exact) mass is 274 g/mol. The topological polar surface area (TPSA) is 72.6 Å². The summed E-state index contributed by atoms with van der Waals surface area (Å²) in [6.45, 7) is 2.03. The molecule has 5 nitrogen and oxygen atoms in total. The average molecular weight is 274 g/mol. The van der Waals surface area contributed by atoms with Gasteiger partial charge in [0.15, 0.2) is 0 Å². The van der Waals surface area contributed by atoms with E-state index in [4.69, 9.17) is 10.6 Å².